The van der Waals surface area contributed by atoms with Crippen LogP contribution < -0.4 is 4.74 Å². The Hall–Kier alpha value is -2.55. The molecule has 20 heavy (non-hydrogen) atoms. The minimum Gasteiger partial charge on any atom is -0.508 e. The van der Waals surface area contributed by atoms with E-state index >= 15 is 0 Å². The summed E-state index contributed by atoms with van der Waals surface area (Å²) in [6.45, 7) is 3.80. The van der Waals surface area contributed by atoms with E-state index in [1.165, 1.54) is 6.07 Å². The summed E-state index contributed by atoms with van der Waals surface area (Å²) < 4.78 is 5.57. The molecule has 0 radical (unpaired) electrons. The molecule has 3 heteroatoms. The molecule has 2 aromatic rings. The van der Waals surface area contributed by atoms with E-state index in [2.05, 4.69) is 0 Å². The first-order valence-corrected chi connectivity index (χ1v) is 6.39. The summed E-state index contributed by atoms with van der Waals surface area (Å²) >= 11 is 0. The molecular formula is C17H14O3. The molecule has 3 rings (SSSR count). The van der Waals surface area contributed by atoms with Gasteiger partial charge in [0, 0.05) is 6.07 Å². The monoisotopic (exact) mass is 266 g/mol. The van der Waals surface area contributed by atoms with Gasteiger partial charge in [0.15, 0.2) is 5.76 Å². The minimum atomic E-state index is -0.141. The maximum atomic E-state index is 12.3. The molecule has 0 bridgehead atoms. The number of carbonyl (C=O) groups is 1. The SMILES string of the molecule is Cc1ccc(C=C2Oc3cc(O)cc(C)c3C2=O)cc1. The zero-order valence-corrected chi connectivity index (χ0v) is 11.3. The molecule has 0 amide bonds. The van der Waals surface area contributed by atoms with Gasteiger partial charge in [0.25, 0.3) is 0 Å². The highest BCUT2D eigenvalue weighted by Crippen LogP contribution is 2.37. The summed E-state index contributed by atoms with van der Waals surface area (Å²) in [4.78, 5) is 12.3. The molecule has 0 atom stereocenters. The van der Waals surface area contributed by atoms with Crippen molar-refractivity contribution >= 4 is 11.9 Å². The largest absolute Gasteiger partial charge is 0.508 e. The molecule has 0 fully saturated rings. The number of phenols is 1. The maximum Gasteiger partial charge on any atom is 0.232 e. The van der Waals surface area contributed by atoms with E-state index in [-0.39, 0.29) is 17.3 Å². The number of aryl methyl sites for hydroxylation is 2. The quantitative estimate of drug-likeness (QED) is 0.802. The summed E-state index contributed by atoms with van der Waals surface area (Å²) in [7, 11) is 0. The molecule has 0 aromatic heterocycles. The fourth-order valence-electron chi connectivity index (χ4n) is 2.31. The van der Waals surface area contributed by atoms with Crippen molar-refractivity contribution in [2.75, 3.05) is 0 Å². The molecular weight excluding hydrogens is 252 g/mol. The maximum absolute atomic E-state index is 12.3. The van der Waals surface area contributed by atoms with Crippen molar-refractivity contribution < 1.29 is 14.6 Å². The minimum absolute atomic E-state index is 0.102. The van der Waals surface area contributed by atoms with Crippen LogP contribution in [0.25, 0.3) is 6.08 Å². The third-order valence-corrected chi connectivity index (χ3v) is 3.33. The van der Waals surface area contributed by atoms with E-state index in [0.717, 1.165) is 16.7 Å². The van der Waals surface area contributed by atoms with Crippen LogP contribution in [-0.2, 0) is 0 Å². The molecule has 0 spiro atoms. The van der Waals surface area contributed by atoms with Crippen molar-refractivity contribution in [2.45, 2.75) is 13.8 Å². The van der Waals surface area contributed by atoms with Crippen LogP contribution in [0.2, 0.25) is 0 Å². The standard InChI is InChI=1S/C17H14O3/c1-10-3-5-12(6-4-10)8-15-17(19)16-11(2)7-13(18)9-14(16)20-15/h3-9,18H,1-2H3. The number of Topliss-reactive ketones (excluding diaryl/α,β-unsaturated/α-hetero) is 1. The van der Waals surface area contributed by atoms with E-state index in [1.54, 1.807) is 19.1 Å². The Bertz CT molecular complexity index is 725. The van der Waals surface area contributed by atoms with Crippen LogP contribution in [0.5, 0.6) is 11.5 Å². The predicted octanol–water partition coefficient (Wildman–Crippen LogP) is 3.63. The second kappa shape index (κ2) is 4.53. The van der Waals surface area contributed by atoms with Crippen molar-refractivity contribution in [2.24, 2.45) is 0 Å². The van der Waals surface area contributed by atoms with Crippen molar-refractivity contribution in [3.63, 3.8) is 0 Å². The lowest BCUT2D eigenvalue weighted by Crippen LogP contribution is -1.99. The van der Waals surface area contributed by atoms with Gasteiger partial charge >= 0.3 is 0 Å². The Labute approximate surface area is 117 Å². The van der Waals surface area contributed by atoms with E-state index in [9.17, 15) is 9.90 Å². The summed E-state index contributed by atoms with van der Waals surface area (Å²) in [5.41, 5.74) is 3.32. The Morgan fingerprint density at radius 2 is 1.80 bits per heavy atom. The second-order valence-corrected chi connectivity index (χ2v) is 4.99. The second-order valence-electron chi connectivity index (χ2n) is 4.99. The Morgan fingerprint density at radius 3 is 2.50 bits per heavy atom. The van der Waals surface area contributed by atoms with Crippen LogP contribution in [0.4, 0.5) is 0 Å². The average molecular weight is 266 g/mol. The Balaban J connectivity index is 2.01. The van der Waals surface area contributed by atoms with Crippen molar-refractivity contribution in [1.82, 2.24) is 0 Å². The van der Waals surface area contributed by atoms with Gasteiger partial charge in [-0.2, -0.15) is 0 Å². The fraction of sp³-hybridized carbons (Fsp3) is 0.118. The van der Waals surface area contributed by atoms with Gasteiger partial charge in [-0.05, 0) is 37.1 Å². The van der Waals surface area contributed by atoms with Gasteiger partial charge in [0.1, 0.15) is 11.5 Å². The van der Waals surface area contributed by atoms with Gasteiger partial charge in [-0.25, -0.2) is 0 Å². The van der Waals surface area contributed by atoms with Crippen molar-refractivity contribution in [1.29, 1.82) is 0 Å². The molecule has 1 aliphatic heterocycles. The average Bonchev–Trinajstić information content (AvgIpc) is 2.69. The molecule has 2 aromatic carbocycles. The first-order valence-electron chi connectivity index (χ1n) is 6.39. The van der Waals surface area contributed by atoms with Crippen LogP contribution in [-0.4, -0.2) is 10.9 Å². The van der Waals surface area contributed by atoms with Crippen LogP contribution in [0.1, 0.15) is 27.0 Å². The molecule has 1 N–H and O–H groups in total. The molecule has 100 valence electrons. The van der Waals surface area contributed by atoms with Gasteiger partial charge in [0.2, 0.25) is 5.78 Å². The first-order chi connectivity index (χ1) is 9.54. The molecule has 0 aliphatic carbocycles. The molecule has 0 saturated carbocycles. The topological polar surface area (TPSA) is 46.5 Å². The van der Waals surface area contributed by atoms with Gasteiger partial charge in [0.05, 0.1) is 5.56 Å². The number of ketones is 1. The number of carbonyl (C=O) groups excluding carboxylic acids is 1. The Morgan fingerprint density at radius 1 is 1.10 bits per heavy atom. The van der Waals surface area contributed by atoms with Crippen LogP contribution >= 0.6 is 0 Å². The van der Waals surface area contributed by atoms with E-state index < -0.39 is 0 Å². The molecule has 3 nitrogen and oxygen atoms in total. The highest BCUT2D eigenvalue weighted by Gasteiger charge is 2.29. The molecule has 1 aliphatic rings. The van der Waals surface area contributed by atoms with E-state index in [1.807, 2.05) is 31.2 Å². The van der Waals surface area contributed by atoms with Crippen LogP contribution in [0, 0.1) is 13.8 Å². The lowest BCUT2D eigenvalue weighted by Gasteiger charge is -2.01. The summed E-state index contributed by atoms with van der Waals surface area (Å²) in [6.07, 6.45) is 1.72. The lowest BCUT2D eigenvalue weighted by molar-refractivity contribution is 0.101. The Kier molecular flexibility index (Phi) is 2.83. The summed E-state index contributed by atoms with van der Waals surface area (Å²) in [5, 5.41) is 9.56. The number of benzene rings is 2. The van der Waals surface area contributed by atoms with E-state index in [4.69, 9.17) is 4.74 Å². The number of phenolic OH excluding ortho intramolecular Hbond substituents is 1. The van der Waals surface area contributed by atoms with Crippen LogP contribution in [0.3, 0.4) is 0 Å². The smallest absolute Gasteiger partial charge is 0.232 e. The third-order valence-electron chi connectivity index (χ3n) is 3.33. The molecule has 0 saturated heterocycles. The van der Waals surface area contributed by atoms with Gasteiger partial charge in [-0.1, -0.05) is 29.8 Å². The number of allylic oxidation sites excluding steroid dienone is 1. The highest BCUT2D eigenvalue weighted by molar-refractivity contribution is 6.15. The zero-order valence-electron chi connectivity index (χ0n) is 11.3. The van der Waals surface area contributed by atoms with E-state index in [0.29, 0.717) is 11.3 Å². The van der Waals surface area contributed by atoms with Crippen molar-refractivity contribution in [3.8, 4) is 11.5 Å². The van der Waals surface area contributed by atoms with Crippen molar-refractivity contribution in [3.05, 3.63) is 64.4 Å². The number of ether oxygens (including phenoxy) is 1. The number of fused-ring (bicyclic) bond motifs is 1. The first kappa shape index (κ1) is 12.5. The zero-order chi connectivity index (χ0) is 14.3. The normalized spacial score (nSPS) is 15.3. The number of rotatable bonds is 1. The van der Waals surface area contributed by atoms with Gasteiger partial charge < -0.3 is 9.84 Å². The molecule has 0 unspecified atom stereocenters. The number of hydrogen-bond acceptors (Lipinski definition) is 3. The highest BCUT2D eigenvalue weighted by atomic mass is 16.5. The van der Waals surface area contributed by atoms with Gasteiger partial charge in [-0.15, -0.1) is 0 Å². The predicted molar refractivity (Wildman–Crippen MR) is 77.0 cm³/mol. The summed E-state index contributed by atoms with van der Waals surface area (Å²) in [6, 6.07) is 10.9. The number of hydrogen-bond donors (Lipinski definition) is 1. The lowest BCUT2D eigenvalue weighted by atomic mass is 10.0. The third kappa shape index (κ3) is 2.07. The molecule has 1 heterocycles. The summed E-state index contributed by atoms with van der Waals surface area (Å²) in [5.74, 6) is 0.673. The number of aromatic hydroxyl groups is 1. The fourth-order valence-corrected chi connectivity index (χ4v) is 2.31. The van der Waals surface area contributed by atoms with Gasteiger partial charge in [-0.3, -0.25) is 4.79 Å². The van der Waals surface area contributed by atoms with Crippen LogP contribution in [0.15, 0.2) is 42.2 Å².